The zero-order chi connectivity index (χ0) is 14.9. The lowest BCUT2D eigenvalue weighted by Crippen LogP contribution is -2.15. The molecular formula is C15H13Br2F2N. The van der Waals surface area contributed by atoms with Crippen molar-refractivity contribution in [1.82, 2.24) is 0 Å². The van der Waals surface area contributed by atoms with Crippen molar-refractivity contribution in [3.8, 4) is 0 Å². The molecule has 0 aliphatic rings. The molecule has 20 heavy (non-hydrogen) atoms. The Balaban J connectivity index is 2.28. The van der Waals surface area contributed by atoms with Crippen molar-refractivity contribution < 1.29 is 8.78 Å². The quantitative estimate of drug-likeness (QED) is 0.761. The maximum absolute atomic E-state index is 13.7. The largest absolute Gasteiger partial charge is 0.324 e. The van der Waals surface area contributed by atoms with E-state index in [9.17, 15) is 8.78 Å². The number of rotatable bonds is 3. The second kappa shape index (κ2) is 6.33. The van der Waals surface area contributed by atoms with E-state index < -0.39 is 11.6 Å². The molecule has 1 atom stereocenters. The maximum Gasteiger partial charge on any atom is 0.129 e. The topological polar surface area (TPSA) is 26.0 Å². The Morgan fingerprint density at radius 3 is 2.45 bits per heavy atom. The van der Waals surface area contributed by atoms with Crippen LogP contribution in [0.2, 0.25) is 0 Å². The highest BCUT2D eigenvalue weighted by Gasteiger charge is 2.15. The first-order valence-electron chi connectivity index (χ1n) is 6.03. The lowest BCUT2D eigenvalue weighted by Gasteiger charge is -2.16. The molecule has 0 bridgehead atoms. The van der Waals surface area contributed by atoms with Crippen molar-refractivity contribution in [2.75, 3.05) is 0 Å². The molecule has 2 rings (SSSR count). The van der Waals surface area contributed by atoms with Gasteiger partial charge in [0.15, 0.2) is 0 Å². The highest BCUT2D eigenvalue weighted by molar-refractivity contribution is 9.11. The molecule has 0 saturated heterocycles. The molecule has 0 aliphatic heterocycles. The third-order valence-electron chi connectivity index (χ3n) is 3.13. The third-order valence-corrected chi connectivity index (χ3v) is 4.67. The molecular weight excluding hydrogens is 392 g/mol. The minimum atomic E-state index is -0.584. The van der Waals surface area contributed by atoms with Gasteiger partial charge in [0.1, 0.15) is 11.6 Å². The summed E-state index contributed by atoms with van der Waals surface area (Å²) in [6.07, 6.45) is 0.306. The number of benzene rings is 2. The van der Waals surface area contributed by atoms with E-state index in [1.54, 1.807) is 0 Å². The van der Waals surface area contributed by atoms with Crippen molar-refractivity contribution in [2.45, 2.75) is 19.4 Å². The second-order valence-corrected chi connectivity index (χ2v) is 6.38. The molecule has 0 heterocycles. The van der Waals surface area contributed by atoms with Gasteiger partial charge in [0, 0.05) is 21.1 Å². The van der Waals surface area contributed by atoms with E-state index in [2.05, 4.69) is 31.9 Å². The molecule has 2 aromatic carbocycles. The fourth-order valence-corrected chi connectivity index (χ4v) is 3.09. The Morgan fingerprint density at radius 1 is 1.10 bits per heavy atom. The van der Waals surface area contributed by atoms with Gasteiger partial charge in [0.2, 0.25) is 0 Å². The van der Waals surface area contributed by atoms with E-state index in [-0.39, 0.29) is 6.04 Å². The molecule has 0 amide bonds. The van der Waals surface area contributed by atoms with Gasteiger partial charge >= 0.3 is 0 Å². The second-order valence-electron chi connectivity index (χ2n) is 4.67. The first kappa shape index (κ1) is 15.6. The average molecular weight is 405 g/mol. The van der Waals surface area contributed by atoms with Gasteiger partial charge in [-0.2, -0.15) is 0 Å². The molecule has 0 saturated carbocycles. The maximum atomic E-state index is 13.7. The van der Waals surface area contributed by atoms with Crippen LogP contribution in [0.1, 0.15) is 22.7 Å². The van der Waals surface area contributed by atoms with Crippen LogP contribution < -0.4 is 5.73 Å². The average Bonchev–Trinajstić information content (AvgIpc) is 2.37. The molecule has 1 nitrogen and oxygen atoms in total. The summed E-state index contributed by atoms with van der Waals surface area (Å²) in [6, 6.07) is 7.06. The standard InChI is InChI=1S/C15H13Br2F2N/c1-8-4-13(17)11(7-12(8)16)15(20)5-9-2-3-10(18)6-14(9)19/h2-4,6-7,15H,5,20H2,1H3. The van der Waals surface area contributed by atoms with Gasteiger partial charge in [0.25, 0.3) is 0 Å². The highest BCUT2D eigenvalue weighted by Crippen LogP contribution is 2.30. The molecule has 2 N–H and O–H groups in total. The van der Waals surface area contributed by atoms with Crippen LogP contribution in [-0.2, 0) is 6.42 Å². The third kappa shape index (κ3) is 3.45. The first-order chi connectivity index (χ1) is 9.38. The predicted octanol–water partition coefficient (Wildman–Crippen LogP) is 5.04. The van der Waals surface area contributed by atoms with E-state index >= 15 is 0 Å². The summed E-state index contributed by atoms with van der Waals surface area (Å²) in [5.41, 5.74) is 8.51. The lowest BCUT2D eigenvalue weighted by molar-refractivity contribution is 0.563. The van der Waals surface area contributed by atoms with E-state index in [1.807, 2.05) is 19.1 Å². The van der Waals surface area contributed by atoms with Gasteiger partial charge in [0.05, 0.1) is 0 Å². The molecule has 0 fully saturated rings. The van der Waals surface area contributed by atoms with Crippen LogP contribution in [0.4, 0.5) is 8.78 Å². The van der Waals surface area contributed by atoms with Crippen LogP contribution in [0.15, 0.2) is 39.3 Å². The molecule has 0 radical (unpaired) electrons. The monoisotopic (exact) mass is 403 g/mol. The summed E-state index contributed by atoms with van der Waals surface area (Å²) < 4.78 is 28.4. The molecule has 5 heteroatoms. The Bertz CT molecular complexity index is 644. The molecule has 0 spiro atoms. The summed E-state index contributed by atoms with van der Waals surface area (Å²) in [6.45, 7) is 1.98. The lowest BCUT2D eigenvalue weighted by atomic mass is 9.98. The molecule has 2 aromatic rings. The van der Waals surface area contributed by atoms with Crippen LogP contribution in [-0.4, -0.2) is 0 Å². The van der Waals surface area contributed by atoms with Crippen molar-refractivity contribution >= 4 is 31.9 Å². The summed E-state index contributed by atoms with van der Waals surface area (Å²) in [5, 5.41) is 0. The summed E-state index contributed by atoms with van der Waals surface area (Å²) >= 11 is 6.93. The summed E-state index contributed by atoms with van der Waals surface area (Å²) in [5.74, 6) is -1.15. The SMILES string of the molecule is Cc1cc(Br)c(C(N)Cc2ccc(F)cc2F)cc1Br. The van der Waals surface area contributed by atoms with E-state index in [0.717, 1.165) is 26.1 Å². The van der Waals surface area contributed by atoms with E-state index in [0.29, 0.717) is 12.0 Å². The summed E-state index contributed by atoms with van der Waals surface area (Å²) in [7, 11) is 0. The zero-order valence-electron chi connectivity index (χ0n) is 10.8. The Kier molecular flexibility index (Phi) is 4.94. The van der Waals surface area contributed by atoms with Crippen LogP contribution in [0.3, 0.4) is 0 Å². The summed E-state index contributed by atoms with van der Waals surface area (Å²) in [4.78, 5) is 0. The fraction of sp³-hybridized carbons (Fsp3) is 0.200. The van der Waals surface area contributed by atoms with Gasteiger partial charge in [-0.25, -0.2) is 8.78 Å². The zero-order valence-corrected chi connectivity index (χ0v) is 13.9. The van der Waals surface area contributed by atoms with Gasteiger partial charge in [-0.15, -0.1) is 0 Å². The van der Waals surface area contributed by atoms with Crippen LogP contribution in [0, 0.1) is 18.6 Å². The molecule has 106 valence electrons. The fourth-order valence-electron chi connectivity index (χ4n) is 1.98. The minimum absolute atomic E-state index is 0.306. The highest BCUT2D eigenvalue weighted by atomic mass is 79.9. The molecule has 1 unspecified atom stereocenters. The van der Waals surface area contributed by atoms with Gasteiger partial charge in [-0.3, -0.25) is 0 Å². The minimum Gasteiger partial charge on any atom is -0.324 e. The van der Waals surface area contributed by atoms with Gasteiger partial charge in [-0.1, -0.05) is 37.9 Å². The Morgan fingerprint density at radius 2 is 1.80 bits per heavy atom. The normalized spacial score (nSPS) is 12.5. The predicted molar refractivity (Wildman–Crippen MR) is 83.6 cm³/mol. The Labute approximate surface area is 133 Å². The van der Waals surface area contributed by atoms with Gasteiger partial charge < -0.3 is 5.73 Å². The van der Waals surface area contributed by atoms with Crippen molar-refractivity contribution in [3.63, 3.8) is 0 Å². The first-order valence-corrected chi connectivity index (χ1v) is 7.62. The number of aryl methyl sites for hydroxylation is 1. The molecule has 0 aromatic heterocycles. The number of halogens is 4. The van der Waals surface area contributed by atoms with Crippen molar-refractivity contribution in [2.24, 2.45) is 5.73 Å². The van der Waals surface area contributed by atoms with Crippen LogP contribution in [0.5, 0.6) is 0 Å². The number of hydrogen-bond donors (Lipinski definition) is 1. The number of nitrogens with two attached hydrogens (primary N) is 1. The van der Waals surface area contributed by atoms with Crippen LogP contribution in [0.25, 0.3) is 0 Å². The van der Waals surface area contributed by atoms with Crippen molar-refractivity contribution in [1.29, 1.82) is 0 Å². The smallest absolute Gasteiger partial charge is 0.129 e. The van der Waals surface area contributed by atoms with Crippen LogP contribution >= 0.6 is 31.9 Å². The van der Waals surface area contributed by atoms with Gasteiger partial charge in [-0.05, 0) is 48.2 Å². The van der Waals surface area contributed by atoms with E-state index in [1.165, 1.54) is 12.1 Å². The Hall–Kier alpha value is -0.780. The number of hydrogen-bond acceptors (Lipinski definition) is 1. The van der Waals surface area contributed by atoms with Crippen molar-refractivity contribution in [3.05, 3.63) is 67.6 Å². The van der Waals surface area contributed by atoms with E-state index in [4.69, 9.17) is 5.73 Å². The molecule has 0 aliphatic carbocycles.